The summed E-state index contributed by atoms with van der Waals surface area (Å²) in [4.78, 5) is 34.6. The second-order valence-corrected chi connectivity index (χ2v) is 8.95. The van der Waals surface area contributed by atoms with Crippen LogP contribution in [0.15, 0.2) is 4.79 Å². The number of carbonyl (C=O) groups excluding carboxylic acids is 1. The van der Waals surface area contributed by atoms with Crippen molar-refractivity contribution >= 4 is 33.1 Å². The lowest BCUT2D eigenvalue weighted by molar-refractivity contribution is -0.133. The lowest BCUT2D eigenvalue weighted by Crippen LogP contribution is -2.39. The zero-order chi connectivity index (χ0) is 18.7. The molecule has 0 unspecified atom stereocenters. The van der Waals surface area contributed by atoms with E-state index in [0.717, 1.165) is 60.4 Å². The summed E-state index contributed by atoms with van der Waals surface area (Å²) in [6.07, 6.45) is 5.36. The summed E-state index contributed by atoms with van der Waals surface area (Å²) in [6.45, 7) is 5.69. The minimum absolute atomic E-state index is 0.00821. The molecule has 7 nitrogen and oxygen atoms in total. The summed E-state index contributed by atoms with van der Waals surface area (Å²) in [6, 6.07) is 0. The predicted octanol–water partition coefficient (Wildman–Crippen LogP) is 2.61. The Kier molecular flexibility index (Phi) is 3.86. The number of hydrogen-bond donors (Lipinski definition) is 0. The molecule has 8 heteroatoms. The fraction of sp³-hybridized carbons (Fsp3) is 0.579. The topological polar surface area (TPSA) is 72.5 Å². The van der Waals surface area contributed by atoms with Gasteiger partial charge in [0.25, 0.3) is 0 Å². The molecule has 5 rings (SSSR count). The van der Waals surface area contributed by atoms with E-state index < -0.39 is 0 Å². The van der Waals surface area contributed by atoms with Gasteiger partial charge < -0.3 is 4.90 Å². The van der Waals surface area contributed by atoms with Gasteiger partial charge in [0.05, 0.1) is 5.39 Å². The number of fused-ring (bicyclic) bond motifs is 3. The first kappa shape index (κ1) is 16.9. The van der Waals surface area contributed by atoms with Gasteiger partial charge in [-0.15, -0.1) is 16.4 Å². The van der Waals surface area contributed by atoms with Gasteiger partial charge in [-0.25, -0.2) is 18.9 Å². The molecule has 142 valence electrons. The van der Waals surface area contributed by atoms with Gasteiger partial charge in [0.15, 0.2) is 5.65 Å². The molecule has 2 aliphatic rings. The van der Waals surface area contributed by atoms with Crippen LogP contribution in [0.25, 0.3) is 15.9 Å². The lowest BCUT2D eigenvalue weighted by atomic mass is 10.1. The van der Waals surface area contributed by atoms with E-state index in [0.29, 0.717) is 11.6 Å². The van der Waals surface area contributed by atoms with Crippen molar-refractivity contribution in [2.45, 2.75) is 58.4 Å². The maximum absolute atomic E-state index is 13.1. The molecule has 1 aliphatic heterocycles. The summed E-state index contributed by atoms with van der Waals surface area (Å²) in [5.74, 6) is 1.11. The van der Waals surface area contributed by atoms with E-state index in [-0.39, 0.29) is 18.1 Å². The number of carbonyl (C=O) groups is 1. The smallest absolute Gasteiger partial charge is 0.341 e. The third-order valence-corrected chi connectivity index (χ3v) is 6.91. The van der Waals surface area contributed by atoms with Crippen LogP contribution in [0.3, 0.4) is 0 Å². The van der Waals surface area contributed by atoms with E-state index in [1.807, 2.05) is 4.90 Å². The Morgan fingerprint density at radius 3 is 2.63 bits per heavy atom. The van der Waals surface area contributed by atoms with E-state index in [9.17, 15) is 9.59 Å². The molecule has 0 N–H and O–H groups in total. The van der Waals surface area contributed by atoms with Crippen molar-refractivity contribution in [1.82, 2.24) is 24.1 Å². The Hall–Kier alpha value is -2.22. The summed E-state index contributed by atoms with van der Waals surface area (Å²) in [5, 5.41) is 5.55. The van der Waals surface area contributed by atoms with Gasteiger partial charge >= 0.3 is 5.69 Å². The Morgan fingerprint density at radius 1 is 1.19 bits per heavy atom. The molecular formula is C19H23N5O2S. The quantitative estimate of drug-likeness (QED) is 0.695. The minimum atomic E-state index is -0.241. The third kappa shape index (κ3) is 2.69. The van der Waals surface area contributed by atoms with Crippen molar-refractivity contribution in [1.29, 1.82) is 0 Å². The number of likely N-dealkylation sites (tertiary alicyclic amines) is 1. The van der Waals surface area contributed by atoms with E-state index in [2.05, 4.69) is 18.9 Å². The zero-order valence-corrected chi connectivity index (χ0v) is 16.5. The second kappa shape index (κ2) is 6.15. The number of amides is 1. The van der Waals surface area contributed by atoms with E-state index in [1.54, 1.807) is 15.7 Å². The van der Waals surface area contributed by atoms with Crippen molar-refractivity contribution in [2.75, 3.05) is 13.1 Å². The molecular weight excluding hydrogens is 362 g/mol. The van der Waals surface area contributed by atoms with Gasteiger partial charge in [-0.05, 0) is 51.5 Å². The van der Waals surface area contributed by atoms with Crippen LogP contribution >= 0.6 is 11.3 Å². The average Bonchev–Trinajstić information content (AvgIpc) is 3.41. The average molecular weight is 385 g/mol. The van der Waals surface area contributed by atoms with Gasteiger partial charge in [-0.3, -0.25) is 4.79 Å². The first-order chi connectivity index (χ1) is 13.0. The zero-order valence-electron chi connectivity index (χ0n) is 15.7. The highest BCUT2D eigenvalue weighted by Gasteiger charge is 2.31. The Labute approximate surface area is 160 Å². The van der Waals surface area contributed by atoms with Crippen LogP contribution in [0, 0.1) is 13.8 Å². The molecule has 0 aromatic carbocycles. The van der Waals surface area contributed by atoms with Crippen LogP contribution in [-0.2, 0) is 11.3 Å². The number of piperidine rings is 1. The normalized spacial score (nSPS) is 17.9. The summed E-state index contributed by atoms with van der Waals surface area (Å²) < 4.78 is 2.99. The predicted molar refractivity (Wildman–Crippen MR) is 105 cm³/mol. The standard InChI is InChI=1S/C19H23N5O2S/c1-11-12(2)27-18-15(11)17-21-23(10-14(25)22-8-4-3-5-9-22)19(26)24(17)16(20-18)13-6-7-13/h13H,3-10H2,1-2H3. The van der Waals surface area contributed by atoms with E-state index in [1.165, 1.54) is 16.0 Å². The highest BCUT2D eigenvalue weighted by Crippen LogP contribution is 2.41. The van der Waals surface area contributed by atoms with Crippen molar-refractivity contribution in [3.05, 3.63) is 26.7 Å². The molecule has 1 amide bonds. The molecule has 3 aromatic heterocycles. The second-order valence-electron chi connectivity index (χ2n) is 7.75. The van der Waals surface area contributed by atoms with Gasteiger partial charge in [0.2, 0.25) is 5.91 Å². The Bertz CT molecular complexity index is 1110. The van der Waals surface area contributed by atoms with Crippen molar-refractivity contribution in [2.24, 2.45) is 0 Å². The van der Waals surface area contributed by atoms with Crippen molar-refractivity contribution < 1.29 is 4.79 Å². The maximum atomic E-state index is 13.1. The van der Waals surface area contributed by atoms with Gasteiger partial charge in [-0.2, -0.15) is 0 Å². The molecule has 0 radical (unpaired) electrons. The van der Waals surface area contributed by atoms with Crippen LogP contribution in [0.2, 0.25) is 0 Å². The van der Waals surface area contributed by atoms with E-state index in [4.69, 9.17) is 4.98 Å². The molecule has 1 saturated carbocycles. The lowest BCUT2D eigenvalue weighted by Gasteiger charge is -2.26. The first-order valence-electron chi connectivity index (χ1n) is 9.71. The molecule has 2 fully saturated rings. The number of thiophene rings is 1. The molecule has 3 aromatic rings. The Balaban J connectivity index is 1.65. The maximum Gasteiger partial charge on any atom is 0.352 e. The van der Waals surface area contributed by atoms with Crippen LogP contribution in [0.4, 0.5) is 0 Å². The number of aryl methyl sites for hydroxylation is 2. The van der Waals surface area contributed by atoms with Crippen molar-refractivity contribution in [3.63, 3.8) is 0 Å². The Morgan fingerprint density at radius 2 is 1.93 bits per heavy atom. The highest BCUT2D eigenvalue weighted by atomic mass is 32.1. The molecule has 1 saturated heterocycles. The number of aromatic nitrogens is 4. The third-order valence-electron chi connectivity index (χ3n) is 5.81. The van der Waals surface area contributed by atoms with Crippen LogP contribution in [-0.4, -0.2) is 43.1 Å². The van der Waals surface area contributed by atoms with Gasteiger partial charge in [-0.1, -0.05) is 0 Å². The number of rotatable bonds is 3. The fourth-order valence-corrected chi connectivity index (χ4v) is 5.00. The van der Waals surface area contributed by atoms with Gasteiger partial charge in [0, 0.05) is 23.9 Å². The minimum Gasteiger partial charge on any atom is -0.341 e. The van der Waals surface area contributed by atoms with Gasteiger partial charge in [0.1, 0.15) is 17.2 Å². The van der Waals surface area contributed by atoms with Crippen LogP contribution in [0.1, 0.15) is 54.3 Å². The van der Waals surface area contributed by atoms with Crippen LogP contribution in [0.5, 0.6) is 0 Å². The van der Waals surface area contributed by atoms with Crippen LogP contribution < -0.4 is 5.69 Å². The van der Waals surface area contributed by atoms with E-state index >= 15 is 0 Å². The molecule has 4 heterocycles. The van der Waals surface area contributed by atoms with Crippen molar-refractivity contribution in [3.8, 4) is 0 Å². The molecule has 0 bridgehead atoms. The highest BCUT2D eigenvalue weighted by molar-refractivity contribution is 7.18. The summed E-state index contributed by atoms with van der Waals surface area (Å²) in [7, 11) is 0. The molecule has 1 aliphatic carbocycles. The number of nitrogens with zero attached hydrogens (tertiary/aromatic N) is 5. The first-order valence-corrected chi connectivity index (χ1v) is 10.5. The number of hydrogen-bond acceptors (Lipinski definition) is 5. The molecule has 0 spiro atoms. The SMILES string of the molecule is Cc1sc2nc(C3CC3)n3c(=O)n(CC(=O)N4CCCCC4)nc3c2c1C. The fourth-order valence-electron chi connectivity index (χ4n) is 3.97. The molecule has 27 heavy (non-hydrogen) atoms. The molecule has 0 atom stereocenters. The largest absolute Gasteiger partial charge is 0.352 e. The summed E-state index contributed by atoms with van der Waals surface area (Å²) >= 11 is 1.65. The monoisotopic (exact) mass is 385 g/mol. The summed E-state index contributed by atoms with van der Waals surface area (Å²) in [5.41, 5.74) is 1.53.